The molecule has 0 bridgehead atoms. The van der Waals surface area contributed by atoms with E-state index in [0.717, 1.165) is 28.0 Å². The number of thiophene rings is 1. The van der Waals surface area contributed by atoms with E-state index >= 15 is 0 Å². The van der Waals surface area contributed by atoms with Crippen LogP contribution >= 0.6 is 34.9 Å². The molecular formula is C17H20O4S3. The van der Waals surface area contributed by atoms with Crippen LogP contribution in [0.25, 0.3) is 10.1 Å². The third-order valence-electron chi connectivity index (χ3n) is 4.04. The van der Waals surface area contributed by atoms with Gasteiger partial charge in [0.05, 0.1) is 18.3 Å². The highest BCUT2D eigenvalue weighted by Gasteiger charge is 2.37. The van der Waals surface area contributed by atoms with Crippen molar-refractivity contribution in [3.05, 3.63) is 23.1 Å². The Bertz CT molecular complexity index is 735. The van der Waals surface area contributed by atoms with Gasteiger partial charge < -0.3 is 14.6 Å². The lowest BCUT2D eigenvalue weighted by atomic mass is 10.1. The average Bonchev–Trinajstić information content (AvgIpc) is 3.03. The Kier molecular flexibility index (Phi) is 5.52. The van der Waals surface area contributed by atoms with E-state index in [1.807, 2.05) is 29.6 Å². The molecule has 1 aromatic carbocycles. The lowest BCUT2D eigenvalue weighted by Crippen LogP contribution is -2.23. The molecule has 1 saturated heterocycles. The van der Waals surface area contributed by atoms with E-state index < -0.39 is 0 Å². The van der Waals surface area contributed by atoms with Crippen LogP contribution in [-0.4, -0.2) is 36.8 Å². The number of esters is 1. The van der Waals surface area contributed by atoms with E-state index in [9.17, 15) is 9.90 Å². The van der Waals surface area contributed by atoms with Gasteiger partial charge in [-0.3, -0.25) is 4.79 Å². The van der Waals surface area contributed by atoms with Gasteiger partial charge in [0, 0.05) is 22.1 Å². The van der Waals surface area contributed by atoms with Gasteiger partial charge in [0.25, 0.3) is 0 Å². The zero-order chi connectivity index (χ0) is 17.2. The summed E-state index contributed by atoms with van der Waals surface area (Å²) < 4.78 is 11.0. The van der Waals surface area contributed by atoms with E-state index in [1.54, 1.807) is 24.5 Å². The van der Waals surface area contributed by atoms with Crippen molar-refractivity contribution < 1.29 is 19.4 Å². The topological polar surface area (TPSA) is 55.8 Å². The van der Waals surface area contributed by atoms with Gasteiger partial charge >= 0.3 is 5.97 Å². The Morgan fingerprint density at radius 3 is 2.67 bits per heavy atom. The highest BCUT2D eigenvalue weighted by atomic mass is 32.2. The fourth-order valence-electron chi connectivity index (χ4n) is 2.76. The number of phenols is 1. The number of ether oxygens (including phenoxy) is 2. The number of hydrogen-bond donors (Lipinski definition) is 1. The SMILES string of the molecule is COC(=O)CCC1(c2cc3cc(OC)c(O)cc3s2)SCCCS1. The molecule has 3 rings (SSSR count). The van der Waals surface area contributed by atoms with Crippen molar-refractivity contribution >= 4 is 50.9 Å². The molecule has 0 unspecified atom stereocenters. The van der Waals surface area contributed by atoms with E-state index in [2.05, 4.69) is 6.07 Å². The van der Waals surface area contributed by atoms with E-state index in [-0.39, 0.29) is 15.8 Å². The fraction of sp³-hybridized carbons (Fsp3) is 0.471. The van der Waals surface area contributed by atoms with Crippen molar-refractivity contribution in [1.82, 2.24) is 0 Å². The first-order valence-corrected chi connectivity index (χ1v) is 10.5. The minimum absolute atomic E-state index is 0.112. The predicted molar refractivity (Wildman–Crippen MR) is 103 cm³/mol. The minimum Gasteiger partial charge on any atom is -0.504 e. The number of benzene rings is 1. The molecule has 1 fully saturated rings. The maximum absolute atomic E-state index is 11.6. The number of carbonyl (C=O) groups excluding carboxylic acids is 1. The lowest BCUT2D eigenvalue weighted by molar-refractivity contribution is -0.140. The van der Waals surface area contributed by atoms with Crippen molar-refractivity contribution in [3.63, 3.8) is 0 Å². The Balaban J connectivity index is 1.97. The van der Waals surface area contributed by atoms with Crippen LogP contribution in [-0.2, 0) is 13.6 Å². The van der Waals surface area contributed by atoms with Gasteiger partial charge in [-0.15, -0.1) is 34.9 Å². The molecule has 2 aromatic rings. The number of thioether (sulfide) groups is 2. The molecule has 130 valence electrons. The molecule has 1 aliphatic rings. The Morgan fingerprint density at radius 2 is 2.00 bits per heavy atom. The van der Waals surface area contributed by atoms with Gasteiger partial charge in [-0.1, -0.05) is 0 Å². The van der Waals surface area contributed by atoms with Gasteiger partial charge in [-0.25, -0.2) is 0 Å². The standard InChI is InChI=1S/C17H20O4S3/c1-20-13-8-11-9-15(24-14(11)10-12(13)18)17(5-4-16(19)21-2)22-6-3-7-23-17/h8-10,18H,3-7H2,1-2H3. The molecule has 7 heteroatoms. The van der Waals surface area contributed by atoms with Crippen molar-refractivity contribution in [1.29, 1.82) is 0 Å². The third-order valence-corrected chi connectivity index (χ3v) is 9.03. The van der Waals surface area contributed by atoms with Gasteiger partial charge in [0.1, 0.15) is 0 Å². The number of fused-ring (bicyclic) bond motifs is 1. The summed E-state index contributed by atoms with van der Waals surface area (Å²) in [5, 5.41) is 11.1. The molecule has 0 aliphatic carbocycles. The summed E-state index contributed by atoms with van der Waals surface area (Å²) >= 11 is 5.52. The van der Waals surface area contributed by atoms with Crippen LogP contribution < -0.4 is 4.74 Å². The number of hydrogen-bond acceptors (Lipinski definition) is 7. The zero-order valence-corrected chi connectivity index (χ0v) is 16.1. The average molecular weight is 385 g/mol. The highest BCUT2D eigenvalue weighted by Crippen LogP contribution is 2.56. The van der Waals surface area contributed by atoms with Crippen molar-refractivity contribution in [3.8, 4) is 11.5 Å². The van der Waals surface area contributed by atoms with Crippen LogP contribution in [0, 0.1) is 0 Å². The quantitative estimate of drug-likeness (QED) is 0.761. The van der Waals surface area contributed by atoms with Crippen LogP contribution in [0.4, 0.5) is 0 Å². The number of methoxy groups -OCH3 is 2. The number of rotatable bonds is 5. The predicted octanol–water partition coefficient (Wildman–Crippen LogP) is 4.59. The molecule has 1 aliphatic heterocycles. The molecule has 0 radical (unpaired) electrons. The molecule has 0 amide bonds. The van der Waals surface area contributed by atoms with Crippen LogP contribution in [0.2, 0.25) is 0 Å². The Hall–Kier alpha value is -1.05. The van der Waals surface area contributed by atoms with Crippen LogP contribution in [0.15, 0.2) is 18.2 Å². The van der Waals surface area contributed by atoms with Crippen LogP contribution in [0.1, 0.15) is 24.1 Å². The van der Waals surface area contributed by atoms with Gasteiger partial charge in [-0.05, 0) is 41.9 Å². The van der Waals surface area contributed by atoms with Crippen molar-refractivity contribution in [2.45, 2.75) is 23.3 Å². The first-order valence-electron chi connectivity index (χ1n) is 7.74. The first kappa shape index (κ1) is 17.8. The Morgan fingerprint density at radius 1 is 1.25 bits per heavy atom. The molecule has 4 nitrogen and oxygen atoms in total. The number of carbonyl (C=O) groups is 1. The zero-order valence-electron chi connectivity index (χ0n) is 13.7. The molecular weight excluding hydrogens is 364 g/mol. The summed E-state index contributed by atoms with van der Waals surface area (Å²) in [4.78, 5) is 12.9. The summed E-state index contributed by atoms with van der Waals surface area (Å²) in [6.45, 7) is 0. The molecule has 24 heavy (non-hydrogen) atoms. The second kappa shape index (κ2) is 7.45. The summed E-state index contributed by atoms with van der Waals surface area (Å²) in [6, 6.07) is 5.80. The summed E-state index contributed by atoms with van der Waals surface area (Å²) in [6.07, 6.45) is 2.36. The van der Waals surface area contributed by atoms with E-state index in [4.69, 9.17) is 9.47 Å². The fourth-order valence-corrected chi connectivity index (χ4v) is 7.60. The molecule has 1 aromatic heterocycles. The van der Waals surface area contributed by atoms with E-state index in [0.29, 0.717) is 12.2 Å². The molecule has 1 N–H and O–H groups in total. The second-order valence-electron chi connectivity index (χ2n) is 5.55. The van der Waals surface area contributed by atoms with E-state index in [1.165, 1.54) is 18.4 Å². The maximum Gasteiger partial charge on any atom is 0.305 e. The highest BCUT2D eigenvalue weighted by molar-refractivity contribution is 8.18. The summed E-state index contributed by atoms with van der Waals surface area (Å²) in [5.74, 6) is 2.67. The summed E-state index contributed by atoms with van der Waals surface area (Å²) in [7, 11) is 2.99. The van der Waals surface area contributed by atoms with Gasteiger partial charge in [-0.2, -0.15) is 0 Å². The number of phenolic OH excluding ortho intramolecular Hbond substituents is 1. The number of aromatic hydroxyl groups is 1. The normalized spacial score (nSPS) is 16.9. The molecule has 2 heterocycles. The second-order valence-corrected chi connectivity index (χ2v) is 9.68. The first-order chi connectivity index (χ1) is 11.6. The molecule has 0 atom stereocenters. The smallest absolute Gasteiger partial charge is 0.305 e. The van der Waals surface area contributed by atoms with Crippen LogP contribution in [0.3, 0.4) is 0 Å². The third kappa shape index (κ3) is 3.48. The summed E-state index contributed by atoms with van der Waals surface area (Å²) in [5.41, 5.74) is 0. The molecule has 0 saturated carbocycles. The largest absolute Gasteiger partial charge is 0.504 e. The van der Waals surface area contributed by atoms with Crippen molar-refractivity contribution in [2.24, 2.45) is 0 Å². The molecule has 0 spiro atoms. The minimum atomic E-state index is -0.165. The maximum atomic E-state index is 11.6. The van der Waals surface area contributed by atoms with Crippen LogP contribution in [0.5, 0.6) is 11.5 Å². The lowest BCUT2D eigenvalue weighted by Gasteiger charge is -2.35. The van der Waals surface area contributed by atoms with Crippen molar-refractivity contribution in [2.75, 3.05) is 25.7 Å². The monoisotopic (exact) mass is 384 g/mol. The van der Waals surface area contributed by atoms with Gasteiger partial charge in [0.2, 0.25) is 0 Å². The van der Waals surface area contributed by atoms with Gasteiger partial charge in [0.15, 0.2) is 11.5 Å². The Labute approximate surface area is 153 Å².